The first kappa shape index (κ1) is 25.4. The van der Waals surface area contributed by atoms with Crippen molar-refractivity contribution in [1.29, 1.82) is 0 Å². The standard InChI is InChI=1S/C22H28F2N6O4S/c1-13(12-34-21(23)24)28-22-27-11-19-17(15-5-8-20(26-10-15)35(32,33)25-2)9-18(30(19)29-22)14-3-6-16(31)7-4-14/h5,8-11,13-14,16,21,25,31H,3-4,6-7,12H2,1-2H3,(H,28,29)/t13-,14-,16-/m0/s1. The Balaban J connectivity index is 1.71. The first-order chi connectivity index (χ1) is 16.7. The molecule has 0 radical (unpaired) electrons. The molecule has 3 aromatic rings. The molecule has 0 aliphatic heterocycles. The number of alkyl halides is 2. The summed E-state index contributed by atoms with van der Waals surface area (Å²) in [6.45, 7) is -1.38. The van der Waals surface area contributed by atoms with E-state index in [4.69, 9.17) is 0 Å². The van der Waals surface area contributed by atoms with Gasteiger partial charge in [0.1, 0.15) is 0 Å². The van der Waals surface area contributed by atoms with Gasteiger partial charge in [0.05, 0.1) is 24.4 Å². The molecule has 0 bridgehead atoms. The minimum absolute atomic E-state index is 0.0866. The molecule has 35 heavy (non-hydrogen) atoms. The van der Waals surface area contributed by atoms with Crippen molar-refractivity contribution < 1.29 is 27.0 Å². The minimum Gasteiger partial charge on any atom is -0.393 e. The molecule has 3 heterocycles. The largest absolute Gasteiger partial charge is 0.393 e. The van der Waals surface area contributed by atoms with Crippen molar-refractivity contribution in [2.75, 3.05) is 19.0 Å². The van der Waals surface area contributed by atoms with Crippen molar-refractivity contribution in [1.82, 2.24) is 24.3 Å². The second-order valence-electron chi connectivity index (χ2n) is 8.60. The van der Waals surface area contributed by atoms with Crippen molar-refractivity contribution in [2.24, 2.45) is 0 Å². The molecule has 0 saturated heterocycles. The number of anilines is 1. The Bertz CT molecular complexity index is 1260. The number of hydrogen-bond donors (Lipinski definition) is 3. The van der Waals surface area contributed by atoms with Gasteiger partial charge in [0.2, 0.25) is 5.95 Å². The van der Waals surface area contributed by atoms with Gasteiger partial charge in [0, 0.05) is 35.0 Å². The highest BCUT2D eigenvalue weighted by Crippen LogP contribution is 2.37. The molecule has 1 atom stereocenters. The number of aliphatic hydroxyl groups is 1. The lowest BCUT2D eigenvalue weighted by atomic mass is 9.85. The van der Waals surface area contributed by atoms with Crippen molar-refractivity contribution in [3.05, 3.63) is 36.3 Å². The highest BCUT2D eigenvalue weighted by atomic mass is 32.2. The van der Waals surface area contributed by atoms with Crippen LogP contribution in [0.15, 0.2) is 35.6 Å². The fourth-order valence-electron chi connectivity index (χ4n) is 4.26. The van der Waals surface area contributed by atoms with Crippen LogP contribution in [0, 0.1) is 0 Å². The number of sulfonamides is 1. The zero-order valence-electron chi connectivity index (χ0n) is 19.4. The first-order valence-electron chi connectivity index (χ1n) is 11.3. The number of pyridine rings is 1. The van der Waals surface area contributed by atoms with E-state index in [1.807, 2.05) is 6.07 Å². The molecule has 0 aromatic carbocycles. The molecule has 1 fully saturated rings. The molecule has 13 heteroatoms. The number of hydrogen-bond acceptors (Lipinski definition) is 8. The van der Waals surface area contributed by atoms with Crippen molar-refractivity contribution >= 4 is 21.5 Å². The van der Waals surface area contributed by atoms with Crippen LogP contribution in [0.4, 0.5) is 14.7 Å². The fourth-order valence-corrected chi connectivity index (χ4v) is 4.90. The maximum Gasteiger partial charge on any atom is 0.345 e. The third kappa shape index (κ3) is 5.74. The predicted molar refractivity (Wildman–Crippen MR) is 125 cm³/mol. The molecule has 0 amide bonds. The SMILES string of the molecule is CNS(=O)(=O)c1ccc(-c2cc([C@H]3CC[C@H](O)CC3)n3nc(N[C@@H](C)COC(F)F)ncc23)cn1. The molecular weight excluding hydrogens is 482 g/mol. The third-order valence-corrected chi connectivity index (χ3v) is 7.43. The van der Waals surface area contributed by atoms with E-state index in [1.165, 1.54) is 19.3 Å². The Morgan fingerprint density at radius 3 is 2.57 bits per heavy atom. The summed E-state index contributed by atoms with van der Waals surface area (Å²) in [5, 5.41) is 17.5. The van der Waals surface area contributed by atoms with Gasteiger partial charge < -0.3 is 15.2 Å². The van der Waals surface area contributed by atoms with Crippen LogP contribution in [0.2, 0.25) is 0 Å². The molecule has 3 N–H and O–H groups in total. The van der Waals surface area contributed by atoms with Crippen LogP contribution < -0.4 is 10.0 Å². The summed E-state index contributed by atoms with van der Waals surface area (Å²) in [5.41, 5.74) is 3.10. The topological polar surface area (TPSA) is 131 Å². The second kappa shape index (κ2) is 10.5. The summed E-state index contributed by atoms with van der Waals surface area (Å²) in [7, 11) is -2.34. The Hall–Kier alpha value is -2.74. The van der Waals surface area contributed by atoms with E-state index in [2.05, 4.69) is 29.8 Å². The number of fused-ring (bicyclic) bond motifs is 1. The average Bonchev–Trinajstić information content (AvgIpc) is 3.22. The summed E-state index contributed by atoms with van der Waals surface area (Å²) >= 11 is 0. The van der Waals surface area contributed by atoms with E-state index >= 15 is 0 Å². The monoisotopic (exact) mass is 510 g/mol. The van der Waals surface area contributed by atoms with Gasteiger partial charge in [0.25, 0.3) is 10.0 Å². The fraction of sp³-hybridized carbons (Fsp3) is 0.500. The molecule has 0 unspecified atom stereocenters. The Morgan fingerprint density at radius 1 is 1.20 bits per heavy atom. The van der Waals surface area contributed by atoms with Gasteiger partial charge in [-0.2, -0.15) is 8.78 Å². The molecule has 10 nitrogen and oxygen atoms in total. The van der Waals surface area contributed by atoms with Crippen LogP contribution in [-0.2, 0) is 14.8 Å². The lowest BCUT2D eigenvalue weighted by Crippen LogP contribution is -2.25. The molecule has 1 aliphatic rings. The number of aromatic nitrogens is 4. The Kier molecular flexibility index (Phi) is 7.59. The highest BCUT2D eigenvalue weighted by Gasteiger charge is 2.26. The van der Waals surface area contributed by atoms with E-state index < -0.39 is 22.7 Å². The zero-order chi connectivity index (χ0) is 25.2. The van der Waals surface area contributed by atoms with E-state index in [9.17, 15) is 22.3 Å². The van der Waals surface area contributed by atoms with Gasteiger partial charge >= 0.3 is 6.61 Å². The van der Waals surface area contributed by atoms with Crippen LogP contribution in [0.5, 0.6) is 0 Å². The van der Waals surface area contributed by atoms with Crippen LogP contribution in [0.3, 0.4) is 0 Å². The summed E-state index contributed by atoms with van der Waals surface area (Å²) in [6.07, 6.45) is 5.75. The van der Waals surface area contributed by atoms with Gasteiger partial charge in [-0.15, -0.1) is 5.10 Å². The van der Waals surface area contributed by atoms with E-state index in [-0.39, 0.29) is 29.6 Å². The zero-order valence-corrected chi connectivity index (χ0v) is 20.2. The summed E-state index contributed by atoms with van der Waals surface area (Å²) in [4.78, 5) is 8.45. The molecular formula is C22H28F2N6O4S. The quantitative estimate of drug-likeness (QED) is 0.401. The maximum atomic E-state index is 12.4. The highest BCUT2D eigenvalue weighted by molar-refractivity contribution is 7.89. The van der Waals surface area contributed by atoms with Crippen LogP contribution in [-0.4, -0.2) is 65.5 Å². The van der Waals surface area contributed by atoms with Gasteiger partial charge in [-0.05, 0) is 57.9 Å². The Labute approximate surface area is 201 Å². The second-order valence-corrected chi connectivity index (χ2v) is 10.4. The van der Waals surface area contributed by atoms with Crippen molar-refractivity contribution in [3.8, 4) is 11.1 Å². The molecule has 4 rings (SSSR count). The van der Waals surface area contributed by atoms with Crippen LogP contribution >= 0.6 is 0 Å². The summed E-state index contributed by atoms with van der Waals surface area (Å²) in [6, 6.07) is 4.65. The first-order valence-corrected chi connectivity index (χ1v) is 12.8. The normalized spacial score (nSPS) is 19.8. The maximum absolute atomic E-state index is 12.4. The van der Waals surface area contributed by atoms with E-state index in [0.29, 0.717) is 23.9 Å². The van der Waals surface area contributed by atoms with Gasteiger partial charge in [-0.25, -0.2) is 27.6 Å². The smallest absolute Gasteiger partial charge is 0.345 e. The van der Waals surface area contributed by atoms with Crippen LogP contribution in [0.1, 0.15) is 44.2 Å². The van der Waals surface area contributed by atoms with Crippen LogP contribution in [0.25, 0.3) is 16.6 Å². The lowest BCUT2D eigenvalue weighted by molar-refractivity contribution is -0.130. The third-order valence-electron chi connectivity index (χ3n) is 6.10. The van der Waals surface area contributed by atoms with Crippen molar-refractivity contribution in [2.45, 2.75) is 62.3 Å². The minimum atomic E-state index is -3.66. The van der Waals surface area contributed by atoms with Gasteiger partial charge in [0.15, 0.2) is 5.03 Å². The molecule has 1 aliphatic carbocycles. The van der Waals surface area contributed by atoms with Crippen molar-refractivity contribution in [3.63, 3.8) is 0 Å². The lowest BCUT2D eigenvalue weighted by Gasteiger charge is -2.25. The molecule has 3 aromatic heterocycles. The van der Waals surface area contributed by atoms with E-state index in [1.54, 1.807) is 23.7 Å². The number of nitrogens with zero attached hydrogens (tertiary/aromatic N) is 4. The Morgan fingerprint density at radius 2 is 1.94 bits per heavy atom. The molecule has 190 valence electrons. The number of ether oxygens (including phenoxy) is 1. The number of nitrogens with one attached hydrogen (secondary N) is 2. The number of halogens is 2. The predicted octanol–water partition coefficient (Wildman–Crippen LogP) is 2.76. The number of rotatable bonds is 9. The average molecular weight is 511 g/mol. The van der Waals surface area contributed by atoms with E-state index in [0.717, 1.165) is 24.1 Å². The summed E-state index contributed by atoms with van der Waals surface area (Å²) in [5.74, 6) is 0.412. The molecule has 0 spiro atoms. The van der Waals surface area contributed by atoms with Gasteiger partial charge in [-0.1, -0.05) is 0 Å². The van der Waals surface area contributed by atoms with Gasteiger partial charge in [-0.3, -0.25) is 0 Å². The number of aliphatic hydroxyl groups excluding tert-OH is 1. The summed E-state index contributed by atoms with van der Waals surface area (Å²) < 4.78 is 57.2. The molecule has 1 saturated carbocycles.